The number of rotatable bonds is 12. The van der Waals surface area contributed by atoms with Crippen molar-refractivity contribution in [3.05, 3.63) is 23.8 Å². The molecule has 0 aromatic heterocycles. The lowest BCUT2D eigenvalue weighted by molar-refractivity contribution is -0.149. The Kier molecular flexibility index (Phi) is 10.8. The molecule has 9 heteroatoms. The average molecular weight is 452 g/mol. The fourth-order valence-corrected chi connectivity index (χ4v) is 2.96. The third kappa shape index (κ3) is 7.64. The summed E-state index contributed by atoms with van der Waals surface area (Å²) in [5.74, 6) is -4.16. The van der Waals surface area contributed by atoms with Gasteiger partial charge in [-0.1, -0.05) is 40.7 Å². The van der Waals surface area contributed by atoms with Gasteiger partial charge in [0.15, 0.2) is 11.5 Å². The van der Waals surface area contributed by atoms with Crippen molar-refractivity contribution >= 4 is 23.9 Å². The first-order valence-electron chi connectivity index (χ1n) is 10.8. The Morgan fingerprint density at radius 1 is 0.969 bits per heavy atom. The van der Waals surface area contributed by atoms with Gasteiger partial charge in [0, 0.05) is 18.8 Å². The number of carboxylic acid groups (broad SMARTS) is 1. The van der Waals surface area contributed by atoms with Crippen molar-refractivity contribution in [1.29, 1.82) is 0 Å². The lowest BCUT2D eigenvalue weighted by atomic mass is 9.82. The van der Waals surface area contributed by atoms with Gasteiger partial charge in [-0.2, -0.15) is 0 Å². The van der Waals surface area contributed by atoms with Crippen molar-refractivity contribution in [2.75, 3.05) is 6.61 Å². The summed E-state index contributed by atoms with van der Waals surface area (Å²) in [5, 5.41) is 9.54. The molecule has 178 valence electrons. The maximum absolute atomic E-state index is 12.0. The molecule has 3 N–H and O–H groups in total. The molecular weight excluding hydrogens is 418 g/mol. The van der Waals surface area contributed by atoms with Gasteiger partial charge in [-0.15, -0.1) is 0 Å². The number of esters is 3. The minimum atomic E-state index is -1.31. The molecule has 1 rings (SSSR count). The highest BCUT2D eigenvalue weighted by Crippen LogP contribution is 2.36. The predicted molar refractivity (Wildman–Crippen MR) is 116 cm³/mol. The first-order valence-corrected chi connectivity index (χ1v) is 10.8. The smallest absolute Gasteiger partial charge is 0.321 e. The molecule has 4 atom stereocenters. The maximum atomic E-state index is 12.0. The van der Waals surface area contributed by atoms with E-state index in [-0.39, 0.29) is 42.8 Å². The van der Waals surface area contributed by atoms with Crippen molar-refractivity contribution in [2.24, 2.45) is 17.6 Å². The third-order valence-corrected chi connectivity index (χ3v) is 5.17. The molecule has 1 aromatic carbocycles. The maximum Gasteiger partial charge on any atom is 0.321 e. The van der Waals surface area contributed by atoms with E-state index < -0.39 is 35.8 Å². The highest BCUT2D eigenvalue weighted by Gasteiger charge is 2.33. The van der Waals surface area contributed by atoms with E-state index in [1.165, 1.54) is 12.1 Å². The van der Waals surface area contributed by atoms with E-state index in [9.17, 15) is 24.3 Å². The Balaban J connectivity index is 3.31. The molecule has 0 radical (unpaired) electrons. The summed E-state index contributed by atoms with van der Waals surface area (Å²) < 4.78 is 15.9. The number of nitrogens with two attached hydrogens (primary N) is 1. The fourth-order valence-electron chi connectivity index (χ4n) is 2.96. The van der Waals surface area contributed by atoms with Crippen molar-refractivity contribution in [2.45, 2.75) is 65.8 Å². The Labute approximate surface area is 188 Å². The number of carbonyl (C=O) groups excluding carboxylic acids is 3. The van der Waals surface area contributed by atoms with Gasteiger partial charge < -0.3 is 25.1 Å². The number of aliphatic carboxylic acids is 1. The van der Waals surface area contributed by atoms with E-state index >= 15 is 0 Å². The Hall–Kier alpha value is -2.94. The molecule has 1 aromatic rings. The van der Waals surface area contributed by atoms with Crippen molar-refractivity contribution in [3.8, 4) is 11.5 Å². The van der Waals surface area contributed by atoms with Gasteiger partial charge in [0.05, 0.1) is 12.5 Å². The zero-order valence-corrected chi connectivity index (χ0v) is 19.3. The molecule has 0 heterocycles. The van der Waals surface area contributed by atoms with E-state index in [4.69, 9.17) is 19.9 Å². The minimum absolute atomic E-state index is 0.0115. The zero-order valence-electron chi connectivity index (χ0n) is 19.3. The van der Waals surface area contributed by atoms with Crippen LogP contribution < -0.4 is 15.2 Å². The second kappa shape index (κ2) is 12.8. The summed E-state index contributed by atoms with van der Waals surface area (Å²) >= 11 is 0. The van der Waals surface area contributed by atoms with E-state index in [1.54, 1.807) is 33.8 Å². The van der Waals surface area contributed by atoms with E-state index in [0.29, 0.717) is 12.0 Å². The predicted octanol–water partition coefficient (Wildman–Crippen LogP) is 3.04. The second-order valence-electron chi connectivity index (χ2n) is 7.67. The number of ether oxygens (including phenoxy) is 3. The summed E-state index contributed by atoms with van der Waals surface area (Å²) in [7, 11) is 0. The molecule has 0 aliphatic heterocycles. The van der Waals surface area contributed by atoms with Gasteiger partial charge in [-0.3, -0.25) is 19.2 Å². The molecule has 0 amide bonds. The van der Waals surface area contributed by atoms with Gasteiger partial charge >= 0.3 is 23.9 Å². The summed E-state index contributed by atoms with van der Waals surface area (Å²) in [6.07, 6.45) is 0.828. The summed E-state index contributed by atoms with van der Waals surface area (Å²) in [4.78, 5) is 47.3. The molecule has 32 heavy (non-hydrogen) atoms. The minimum Gasteiger partial charge on any atom is -0.480 e. The van der Waals surface area contributed by atoms with Crippen molar-refractivity contribution < 1.29 is 38.5 Å². The fraction of sp³-hybridized carbons (Fsp3) is 0.565. The molecule has 0 fully saturated rings. The zero-order chi connectivity index (χ0) is 24.4. The summed E-state index contributed by atoms with van der Waals surface area (Å²) in [6, 6.07) is 3.11. The van der Waals surface area contributed by atoms with E-state index in [2.05, 4.69) is 0 Å². The SMILES string of the molecule is CCC(=O)Oc1ccc(C(C(C)COC(=O)C(C)CC)[C@H](N)C(=O)O)cc1OC(=O)CC. The van der Waals surface area contributed by atoms with E-state index in [1.807, 2.05) is 6.92 Å². The van der Waals surface area contributed by atoms with Crippen molar-refractivity contribution in [3.63, 3.8) is 0 Å². The molecule has 0 spiro atoms. The van der Waals surface area contributed by atoms with Gasteiger partial charge in [-0.25, -0.2) is 0 Å². The molecular formula is C23H33NO8. The Morgan fingerprint density at radius 3 is 2.03 bits per heavy atom. The highest BCUT2D eigenvalue weighted by atomic mass is 16.6. The largest absolute Gasteiger partial charge is 0.480 e. The molecule has 0 aliphatic carbocycles. The number of hydrogen-bond acceptors (Lipinski definition) is 8. The normalized spacial score (nSPS) is 14.6. The summed E-state index contributed by atoms with van der Waals surface area (Å²) in [5.41, 5.74) is 6.42. The van der Waals surface area contributed by atoms with Crippen LogP contribution in [0.25, 0.3) is 0 Å². The van der Waals surface area contributed by atoms with Crippen LogP contribution in [0.5, 0.6) is 11.5 Å². The molecule has 0 bridgehead atoms. The average Bonchev–Trinajstić information content (AvgIpc) is 2.77. The van der Waals surface area contributed by atoms with Gasteiger partial charge in [0.25, 0.3) is 0 Å². The molecule has 9 nitrogen and oxygen atoms in total. The molecule has 0 saturated carbocycles. The van der Waals surface area contributed by atoms with Crippen molar-refractivity contribution in [1.82, 2.24) is 0 Å². The molecule has 3 unspecified atom stereocenters. The number of benzene rings is 1. The Morgan fingerprint density at radius 2 is 1.53 bits per heavy atom. The molecule has 0 aliphatic rings. The monoisotopic (exact) mass is 451 g/mol. The first kappa shape index (κ1) is 27.1. The standard InChI is InChI=1S/C23H33NO8/c1-6-13(4)23(29)30-12-14(5)20(21(24)22(27)28)15-9-10-16(31-18(25)7-2)17(11-15)32-19(26)8-3/h9-11,13-14,20-21H,6-8,12,24H2,1-5H3,(H,27,28)/t13?,14?,20?,21-/m0/s1. The number of carboxylic acids is 1. The van der Waals surface area contributed by atoms with Crippen LogP contribution in [-0.2, 0) is 23.9 Å². The van der Waals surface area contributed by atoms with Crippen LogP contribution >= 0.6 is 0 Å². The number of hydrogen-bond donors (Lipinski definition) is 2. The van der Waals surface area contributed by atoms with Crippen LogP contribution in [0.15, 0.2) is 18.2 Å². The highest BCUT2D eigenvalue weighted by molar-refractivity contribution is 5.77. The van der Waals surface area contributed by atoms with Crippen LogP contribution in [0.4, 0.5) is 0 Å². The van der Waals surface area contributed by atoms with E-state index in [0.717, 1.165) is 0 Å². The third-order valence-electron chi connectivity index (χ3n) is 5.17. The first-order chi connectivity index (χ1) is 15.0. The van der Waals surface area contributed by atoms with Crippen LogP contribution in [0.2, 0.25) is 0 Å². The topological polar surface area (TPSA) is 142 Å². The second-order valence-corrected chi connectivity index (χ2v) is 7.67. The lowest BCUT2D eigenvalue weighted by Gasteiger charge is -2.28. The lowest BCUT2D eigenvalue weighted by Crippen LogP contribution is -2.40. The van der Waals surface area contributed by atoms with Gasteiger partial charge in [0.2, 0.25) is 0 Å². The summed E-state index contributed by atoms with van der Waals surface area (Å²) in [6.45, 7) is 8.54. The number of carbonyl (C=O) groups is 4. The van der Waals surface area contributed by atoms with Crippen LogP contribution in [0, 0.1) is 11.8 Å². The quantitative estimate of drug-likeness (QED) is 0.362. The molecule has 0 saturated heterocycles. The van der Waals surface area contributed by atoms with Crippen LogP contribution in [-0.4, -0.2) is 41.6 Å². The van der Waals surface area contributed by atoms with Crippen LogP contribution in [0.3, 0.4) is 0 Å². The van der Waals surface area contributed by atoms with Gasteiger partial charge in [-0.05, 0) is 30.0 Å². The Bertz CT molecular complexity index is 822. The van der Waals surface area contributed by atoms with Gasteiger partial charge in [0.1, 0.15) is 6.04 Å². The van der Waals surface area contributed by atoms with Crippen LogP contribution in [0.1, 0.15) is 65.4 Å².